The highest BCUT2D eigenvalue weighted by molar-refractivity contribution is 5.72. The number of benzene rings is 2. The summed E-state index contributed by atoms with van der Waals surface area (Å²) in [6.45, 7) is 1.79. The first-order chi connectivity index (χ1) is 9.20. The lowest BCUT2D eigenvalue weighted by Crippen LogP contribution is -2.25. The molecule has 98 valence electrons. The van der Waals surface area contributed by atoms with Gasteiger partial charge < -0.3 is 9.84 Å². The number of carbonyl (C=O) groups is 1. The minimum absolute atomic E-state index is 0.440. The molecule has 1 atom stereocenters. The van der Waals surface area contributed by atoms with Gasteiger partial charge in [-0.3, -0.25) is 0 Å². The van der Waals surface area contributed by atoms with E-state index < -0.39 is 12.1 Å². The van der Waals surface area contributed by atoms with Crippen LogP contribution in [0.4, 0.5) is 0 Å². The van der Waals surface area contributed by atoms with Crippen LogP contribution in [0.5, 0.6) is 5.75 Å². The first kappa shape index (κ1) is 13.1. The van der Waals surface area contributed by atoms with E-state index in [9.17, 15) is 4.79 Å². The summed E-state index contributed by atoms with van der Waals surface area (Å²) in [4.78, 5) is 10.9. The van der Waals surface area contributed by atoms with Crippen molar-refractivity contribution in [1.29, 1.82) is 0 Å². The number of ether oxygens (including phenoxy) is 1. The predicted molar refractivity (Wildman–Crippen MR) is 74.2 cm³/mol. The van der Waals surface area contributed by atoms with E-state index in [1.807, 2.05) is 42.5 Å². The molecule has 0 heterocycles. The number of carboxylic acids is 1. The number of hydrogen-bond acceptors (Lipinski definition) is 2. The van der Waals surface area contributed by atoms with Crippen molar-refractivity contribution < 1.29 is 14.6 Å². The van der Waals surface area contributed by atoms with E-state index in [4.69, 9.17) is 9.84 Å². The van der Waals surface area contributed by atoms with Crippen molar-refractivity contribution in [2.24, 2.45) is 0 Å². The second-order valence-corrected chi connectivity index (χ2v) is 4.24. The lowest BCUT2D eigenvalue weighted by molar-refractivity contribution is -0.145. The monoisotopic (exact) mass is 256 g/mol. The van der Waals surface area contributed by atoms with Crippen LogP contribution in [0.15, 0.2) is 54.6 Å². The Kier molecular flexibility index (Phi) is 4.18. The first-order valence-electron chi connectivity index (χ1n) is 6.25. The van der Waals surface area contributed by atoms with Crippen molar-refractivity contribution >= 4 is 5.97 Å². The molecule has 0 saturated carbocycles. The van der Waals surface area contributed by atoms with Crippen molar-refractivity contribution in [1.82, 2.24) is 0 Å². The fourth-order valence-corrected chi connectivity index (χ4v) is 1.83. The molecule has 2 aromatic rings. The molecule has 0 aliphatic heterocycles. The van der Waals surface area contributed by atoms with E-state index >= 15 is 0 Å². The fraction of sp³-hybridized carbons (Fsp3) is 0.188. The zero-order valence-corrected chi connectivity index (χ0v) is 10.7. The minimum atomic E-state index is -0.936. The zero-order chi connectivity index (χ0) is 13.7. The Morgan fingerprint density at radius 3 is 2.16 bits per heavy atom. The van der Waals surface area contributed by atoms with Crippen molar-refractivity contribution in [3.8, 4) is 16.9 Å². The second-order valence-electron chi connectivity index (χ2n) is 4.24. The standard InChI is InChI=1S/C16H16O3/c1-2-15(16(17)18)19-14-10-8-13(9-11-14)12-6-4-3-5-7-12/h3-11,15H,2H2,1H3,(H,17,18). The fourth-order valence-electron chi connectivity index (χ4n) is 1.83. The summed E-state index contributed by atoms with van der Waals surface area (Å²) < 4.78 is 5.42. The summed E-state index contributed by atoms with van der Waals surface area (Å²) in [5.74, 6) is -0.358. The lowest BCUT2D eigenvalue weighted by Gasteiger charge is -2.13. The quantitative estimate of drug-likeness (QED) is 0.889. The Morgan fingerprint density at radius 2 is 1.63 bits per heavy atom. The number of carboxylic acid groups (broad SMARTS) is 1. The highest BCUT2D eigenvalue weighted by Crippen LogP contribution is 2.22. The van der Waals surface area contributed by atoms with Crippen molar-refractivity contribution in [2.75, 3.05) is 0 Å². The highest BCUT2D eigenvalue weighted by Gasteiger charge is 2.16. The highest BCUT2D eigenvalue weighted by atomic mass is 16.5. The maximum Gasteiger partial charge on any atom is 0.344 e. The van der Waals surface area contributed by atoms with Crippen LogP contribution in [0.25, 0.3) is 11.1 Å². The predicted octanol–water partition coefficient (Wildman–Crippen LogP) is 3.60. The SMILES string of the molecule is CCC(Oc1ccc(-c2ccccc2)cc1)C(=O)O. The van der Waals surface area contributed by atoms with Gasteiger partial charge >= 0.3 is 5.97 Å². The molecule has 0 fully saturated rings. The van der Waals surface area contributed by atoms with E-state index in [1.54, 1.807) is 19.1 Å². The van der Waals surface area contributed by atoms with E-state index in [0.717, 1.165) is 11.1 Å². The third kappa shape index (κ3) is 3.35. The molecular weight excluding hydrogens is 240 g/mol. The van der Waals surface area contributed by atoms with E-state index in [0.29, 0.717) is 12.2 Å². The second kappa shape index (κ2) is 6.05. The molecular formula is C16H16O3. The van der Waals surface area contributed by atoms with Gasteiger partial charge in [-0.05, 0) is 29.7 Å². The van der Waals surface area contributed by atoms with Crippen molar-refractivity contribution in [3.63, 3.8) is 0 Å². The van der Waals surface area contributed by atoms with Crippen LogP contribution in [0.3, 0.4) is 0 Å². The van der Waals surface area contributed by atoms with Crippen LogP contribution in [0.1, 0.15) is 13.3 Å². The molecule has 1 N–H and O–H groups in total. The van der Waals surface area contributed by atoms with E-state index in [1.165, 1.54) is 0 Å². The minimum Gasteiger partial charge on any atom is -0.479 e. The topological polar surface area (TPSA) is 46.5 Å². The summed E-state index contributed by atoms with van der Waals surface area (Å²) in [6, 6.07) is 17.5. The number of rotatable bonds is 5. The molecule has 0 aliphatic carbocycles. The molecule has 2 aromatic carbocycles. The molecule has 2 rings (SSSR count). The van der Waals surface area contributed by atoms with E-state index in [-0.39, 0.29) is 0 Å². The van der Waals surface area contributed by atoms with Gasteiger partial charge in [0, 0.05) is 0 Å². The molecule has 0 aromatic heterocycles. The number of hydrogen-bond donors (Lipinski definition) is 1. The van der Waals surface area contributed by atoms with Gasteiger partial charge in [-0.25, -0.2) is 4.79 Å². The maximum atomic E-state index is 10.9. The summed E-state index contributed by atoms with van der Waals surface area (Å²) in [7, 11) is 0. The van der Waals surface area contributed by atoms with Crippen molar-refractivity contribution in [3.05, 3.63) is 54.6 Å². The normalized spacial score (nSPS) is 11.8. The van der Waals surface area contributed by atoms with Gasteiger partial charge in [0.2, 0.25) is 0 Å². The zero-order valence-electron chi connectivity index (χ0n) is 10.7. The smallest absolute Gasteiger partial charge is 0.344 e. The summed E-state index contributed by atoms with van der Waals surface area (Å²) in [5, 5.41) is 8.94. The molecule has 0 amide bonds. The van der Waals surface area contributed by atoms with Gasteiger partial charge in [-0.1, -0.05) is 49.4 Å². The first-order valence-corrected chi connectivity index (χ1v) is 6.25. The van der Waals surface area contributed by atoms with E-state index in [2.05, 4.69) is 0 Å². The van der Waals surface area contributed by atoms with Crippen LogP contribution in [-0.4, -0.2) is 17.2 Å². The van der Waals surface area contributed by atoms with Gasteiger partial charge in [-0.15, -0.1) is 0 Å². The Hall–Kier alpha value is -2.29. The largest absolute Gasteiger partial charge is 0.479 e. The average Bonchev–Trinajstić information content (AvgIpc) is 2.46. The van der Waals surface area contributed by atoms with Gasteiger partial charge in [0.05, 0.1) is 0 Å². The van der Waals surface area contributed by atoms with Crippen LogP contribution in [-0.2, 0) is 4.79 Å². The Bertz CT molecular complexity index is 532. The summed E-state index contributed by atoms with van der Waals surface area (Å²) >= 11 is 0. The van der Waals surface area contributed by atoms with Crippen LogP contribution >= 0.6 is 0 Å². The third-order valence-electron chi connectivity index (χ3n) is 2.89. The van der Waals surface area contributed by atoms with Crippen LogP contribution in [0, 0.1) is 0 Å². The third-order valence-corrected chi connectivity index (χ3v) is 2.89. The Labute approximate surface area is 112 Å². The van der Waals surface area contributed by atoms with Gasteiger partial charge in [-0.2, -0.15) is 0 Å². The molecule has 0 spiro atoms. The average molecular weight is 256 g/mol. The summed E-state index contributed by atoms with van der Waals surface area (Å²) in [5.41, 5.74) is 2.20. The van der Waals surface area contributed by atoms with Gasteiger partial charge in [0.15, 0.2) is 6.10 Å². The Morgan fingerprint density at radius 1 is 1.05 bits per heavy atom. The van der Waals surface area contributed by atoms with Crippen molar-refractivity contribution in [2.45, 2.75) is 19.4 Å². The van der Waals surface area contributed by atoms with Gasteiger partial charge in [0.1, 0.15) is 5.75 Å². The molecule has 0 radical (unpaired) electrons. The molecule has 19 heavy (non-hydrogen) atoms. The molecule has 3 heteroatoms. The molecule has 0 aliphatic rings. The molecule has 0 bridgehead atoms. The molecule has 3 nitrogen and oxygen atoms in total. The maximum absolute atomic E-state index is 10.9. The molecule has 1 unspecified atom stereocenters. The van der Waals surface area contributed by atoms with Crippen LogP contribution in [0.2, 0.25) is 0 Å². The number of aliphatic carboxylic acids is 1. The molecule has 0 saturated heterocycles. The summed E-state index contributed by atoms with van der Waals surface area (Å²) in [6.07, 6.45) is -0.349. The van der Waals surface area contributed by atoms with Crippen LogP contribution < -0.4 is 4.74 Å². The van der Waals surface area contributed by atoms with Gasteiger partial charge in [0.25, 0.3) is 0 Å². The lowest BCUT2D eigenvalue weighted by atomic mass is 10.1. The Balaban J connectivity index is 2.13.